The number of nitrogens with zero attached hydrogens (tertiary/aromatic N) is 1. The lowest BCUT2D eigenvalue weighted by molar-refractivity contribution is 0.660. The van der Waals surface area contributed by atoms with Gasteiger partial charge >= 0.3 is 0 Å². The Morgan fingerprint density at radius 3 is 1.78 bits per heavy atom. The second-order valence-electron chi connectivity index (χ2n) is 19.1. The van der Waals surface area contributed by atoms with Crippen molar-refractivity contribution in [2.75, 3.05) is 4.90 Å². The van der Waals surface area contributed by atoms with Gasteiger partial charge in [0.1, 0.15) is 5.58 Å². The number of hydrogen-bond donors (Lipinski definition) is 0. The lowest BCUT2D eigenvalue weighted by Gasteiger charge is -2.36. The van der Waals surface area contributed by atoms with Gasteiger partial charge in [0.25, 0.3) is 0 Å². The molecule has 67 heavy (non-hydrogen) atoms. The topological polar surface area (TPSA) is 16.4 Å². The van der Waals surface area contributed by atoms with Crippen LogP contribution in [0.4, 0.5) is 17.1 Å². The van der Waals surface area contributed by atoms with Gasteiger partial charge in [0.2, 0.25) is 0 Å². The van der Waals surface area contributed by atoms with E-state index in [1.165, 1.54) is 98.1 Å². The largest absolute Gasteiger partial charge is 0.454 e. The first kappa shape index (κ1) is 37.3. The Morgan fingerprint density at radius 2 is 0.955 bits per heavy atom. The molecule has 2 nitrogen and oxygen atoms in total. The van der Waals surface area contributed by atoms with Gasteiger partial charge in [0.05, 0.1) is 11.1 Å². The van der Waals surface area contributed by atoms with Crippen LogP contribution in [-0.4, -0.2) is 0 Å². The number of anilines is 3. The lowest BCUT2D eigenvalue weighted by atomic mass is 9.66. The van der Waals surface area contributed by atoms with Crippen molar-refractivity contribution in [1.29, 1.82) is 0 Å². The number of rotatable bonds is 3. The van der Waals surface area contributed by atoms with Crippen LogP contribution in [-0.2, 0) is 10.8 Å². The second-order valence-corrected chi connectivity index (χ2v) is 20.1. The molecule has 0 radical (unpaired) electrons. The quantitative estimate of drug-likeness (QED) is 0.176. The van der Waals surface area contributed by atoms with Gasteiger partial charge in [-0.3, -0.25) is 0 Å². The molecular weight excluding hydrogens is 831 g/mol. The Hall–Kier alpha value is -7.98. The maximum atomic E-state index is 6.89. The summed E-state index contributed by atoms with van der Waals surface area (Å²) in [5, 5.41) is 4.86. The van der Waals surface area contributed by atoms with E-state index in [4.69, 9.17) is 4.42 Å². The Kier molecular flexibility index (Phi) is 7.41. The molecule has 0 N–H and O–H groups in total. The molecule has 12 aromatic rings. The van der Waals surface area contributed by atoms with Crippen LogP contribution in [0.15, 0.2) is 217 Å². The smallest absolute Gasteiger partial charge is 0.159 e. The fourth-order valence-corrected chi connectivity index (χ4v) is 13.9. The Balaban J connectivity index is 1.05. The van der Waals surface area contributed by atoms with Crippen LogP contribution in [0.1, 0.15) is 47.2 Å². The summed E-state index contributed by atoms with van der Waals surface area (Å²) in [6.07, 6.45) is 0. The van der Waals surface area contributed by atoms with Gasteiger partial charge in [-0.1, -0.05) is 184 Å². The Labute approximate surface area is 392 Å². The fraction of sp³-hybridized carbons (Fsp3) is 0.0625. The summed E-state index contributed by atoms with van der Waals surface area (Å²) < 4.78 is 9.57. The van der Waals surface area contributed by atoms with Gasteiger partial charge in [-0.2, -0.15) is 0 Å². The molecule has 1 unspecified atom stereocenters. The summed E-state index contributed by atoms with van der Waals surface area (Å²) in [4.78, 5) is 2.45. The van der Waals surface area contributed by atoms with E-state index in [1.807, 2.05) is 11.3 Å². The van der Waals surface area contributed by atoms with Crippen LogP contribution < -0.4 is 4.90 Å². The van der Waals surface area contributed by atoms with Crippen molar-refractivity contribution in [2.24, 2.45) is 0 Å². The highest BCUT2D eigenvalue weighted by molar-refractivity contribution is 7.26. The third kappa shape index (κ3) is 4.79. The van der Waals surface area contributed by atoms with E-state index in [-0.39, 0.29) is 5.41 Å². The molecule has 1 atom stereocenters. The van der Waals surface area contributed by atoms with Crippen molar-refractivity contribution in [3.05, 3.63) is 246 Å². The van der Waals surface area contributed by atoms with Gasteiger partial charge in [0.15, 0.2) is 5.58 Å². The van der Waals surface area contributed by atoms with E-state index < -0.39 is 5.41 Å². The molecule has 1 spiro atoms. The van der Waals surface area contributed by atoms with Crippen molar-refractivity contribution in [2.45, 2.75) is 24.7 Å². The zero-order chi connectivity index (χ0) is 44.2. The molecule has 0 saturated carbocycles. The standard InChI is InChI=1S/C64H41NOS/c1-63(2)51-24-10-5-19-43(51)44-32-30-39(37-56(44)63)65(57-27-15-23-47-45-20-8-13-28-58(45)66-61(47)57)38-31-34-54-50(36-38)41-17-4-3-16-40(41)42-18-6-11-25-52(42)64(54)53-26-12-7-22-49(53)60-55(64)35-33-48-46-21-9-14-29-59(46)67-62(48)60/h3-37H,1-2H3. The monoisotopic (exact) mass is 871 g/mol. The molecule has 314 valence electrons. The van der Waals surface area contributed by atoms with E-state index in [0.717, 1.165) is 39.0 Å². The molecule has 3 aliphatic carbocycles. The van der Waals surface area contributed by atoms with E-state index in [1.54, 1.807) is 0 Å². The van der Waals surface area contributed by atoms with Gasteiger partial charge in [-0.25, -0.2) is 0 Å². The summed E-state index contributed by atoms with van der Waals surface area (Å²) in [6, 6.07) is 79.6. The van der Waals surface area contributed by atoms with Crippen molar-refractivity contribution in [1.82, 2.24) is 0 Å². The molecule has 15 rings (SSSR count). The van der Waals surface area contributed by atoms with Crippen LogP contribution in [0.3, 0.4) is 0 Å². The zero-order valence-corrected chi connectivity index (χ0v) is 37.8. The molecule has 10 aromatic carbocycles. The molecule has 0 aliphatic heterocycles. The normalized spacial score (nSPS) is 15.8. The van der Waals surface area contributed by atoms with E-state index in [0.29, 0.717) is 0 Å². The molecule has 2 heterocycles. The summed E-state index contributed by atoms with van der Waals surface area (Å²) in [6.45, 7) is 4.73. The molecule has 0 saturated heterocycles. The van der Waals surface area contributed by atoms with Crippen molar-refractivity contribution >= 4 is 70.5 Å². The fourth-order valence-electron chi connectivity index (χ4n) is 12.7. The van der Waals surface area contributed by atoms with Crippen LogP contribution in [0.25, 0.3) is 86.6 Å². The number of furan rings is 1. The summed E-state index contributed by atoms with van der Waals surface area (Å²) >= 11 is 1.93. The average molecular weight is 872 g/mol. The molecule has 2 aromatic heterocycles. The first-order valence-corrected chi connectivity index (χ1v) is 24.1. The minimum absolute atomic E-state index is 0.174. The summed E-state index contributed by atoms with van der Waals surface area (Å²) in [5.74, 6) is 0. The Bertz CT molecular complexity index is 4110. The first-order valence-electron chi connectivity index (χ1n) is 23.3. The van der Waals surface area contributed by atoms with Crippen LogP contribution in [0, 0.1) is 0 Å². The number of benzene rings is 10. The van der Waals surface area contributed by atoms with Gasteiger partial charge in [-0.15, -0.1) is 11.3 Å². The number of para-hydroxylation sites is 2. The predicted molar refractivity (Wildman–Crippen MR) is 281 cm³/mol. The lowest BCUT2D eigenvalue weighted by Crippen LogP contribution is -2.29. The first-order chi connectivity index (χ1) is 33.0. The maximum Gasteiger partial charge on any atom is 0.159 e. The number of hydrogen-bond acceptors (Lipinski definition) is 3. The highest BCUT2D eigenvalue weighted by atomic mass is 32.1. The van der Waals surface area contributed by atoms with Gasteiger partial charge in [-0.05, 0) is 115 Å². The minimum Gasteiger partial charge on any atom is -0.454 e. The van der Waals surface area contributed by atoms with Crippen LogP contribution >= 0.6 is 11.3 Å². The van der Waals surface area contributed by atoms with E-state index in [2.05, 4.69) is 231 Å². The van der Waals surface area contributed by atoms with Crippen molar-refractivity contribution in [3.63, 3.8) is 0 Å². The van der Waals surface area contributed by atoms with Gasteiger partial charge < -0.3 is 9.32 Å². The van der Waals surface area contributed by atoms with Crippen LogP contribution in [0.2, 0.25) is 0 Å². The van der Waals surface area contributed by atoms with E-state index in [9.17, 15) is 0 Å². The zero-order valence-electron chi connectivity index (χ0n) is 37.0. The molecule has 0 fully saturated rings. The number of fused-ring (bicyclic) bond motifs is 22. The second kappa shape index (κ2) is 13.3. The molecule has 3 heteroatoms. The average Bonchev–Trinajstić information content (AvgIpc) is 4.08. The predicted octanol–water partition coefficient (Wildman–Crippen LogP) is 17.7. The van der Waals surface area contributed by atoms with Gasteiger partial charge in [0, 0.05) is 53.3 Å². The van der Waals surface area contributed by atoms with Crippen molar-refractivity contribution in [3.8, 4) is 44.5 Å². The molecule has 3 aliphatic rings. The maximum absolute atomic E-state index is 6.89. The van der Waals surface area contributed by atoms with Crippen molar-refractivity contribution < 1.29 is 4.42 Å². The molecule has 0 bridgehead atoms. The summed E-state index contributed by atoms with van der Waals surface area (Å²) in [7, 11) is 0. The van der Waals surface area contributed by atoms with Crippen LogP contribution in [0.5, 0.6) is 0 Å². The molecule has 0 amide bonds. The highest BCUT2D eigenvalue weighted by Gasteiger charge is 2.50. The third-order valence-electron chi connectivity index (χ3n) is 15.5. The number of thiophene rings is 1. The Morgan fingerprint density at radius 1 is 0.388 bits per heavy atom. The highest BCUT2D eigenvalue weighted by Crippen LogP contribution is 2.64. The molecular formula is C64H41NOS. The third-order valence-corrected chi connectivity index (χ3v) is 16.7. The SMILES string of the molecule is CC1(C)c2ccccc2-c2ccc(N(c3ccc4c(c3)-c3ccccc3-c3ccccc3C43c4ccccc4-c4c3ccc3c4sc4ccccc43)c3cccc4c3oc3ccccc34)cc21. The minimum atomic E-state index is -0.604. The van der Waals surface area contributed by atoms with E-state index >= 15 is 0 Å². The summed E-state index contributed by atoms with van der Waals surface area (Å²) in [5.41, 5.74) is 22.3.